The normalized spacial score (nSPS) is 19.7. The Morgan fingerprint density at radius 2 is 2.15 bits per heavy atom. The molecule has 2 aromatic rings. The van der Waals surface area contributed by atoms with E-state index in [1.807, 2.05) is 24.3 Å². The van der Waals surface area contributed by atoms with Gasteiger partial charge < -0.3 is 19.8 Å². The predicted octanol–water partition coefficient (Wildman–Crippen LogP) is 1.68. The fourth-order valence-electron chi connectivity index (χ4n) is 3.57. The van der Waals surface area contributed by atoms with Crippen LogP contribution in [0.25, 0.3) is 0 Å². The van der Waals surface area contributed by atoms with Gasteiger partial charge in [-0.2, -0.15) is 0 Å². The van der Waals surface area contributed by atoms with Crippen LogP contribution in [0, 0.1) is 5.92 Å². The Labute approximate surface area is 151 Å². The van der Waals surface area contributed by atoms with Gasteiger partial charge in [0.05, 0.1) is 5.69 Å². The van der Waals surface area contributed by atoms with Crippen LogP contribution in [0.15, 0.2) is 34.9 Å². The molecule has 2 aliphatic rings. The molecule has 0 radical (unpaired) electrons. The quantitative estimate of drug-likeness (QED) is 0.851. The molecule has 0 spiro atoms. The lowest BCUT2D eigenvalue weighted by Crippen LogP contribution is -2.48. The maximum absolute atomic E-state index is 12.4. The van der Waals surface area contributed by atoms with Crippen LogP contribution >= 0.6 is 0 Å². The number of aliphatic hydroxyl groups is 1. The summed E-state index contributed by atoms with van der Waals surface area (Å²) in [5.41, 5.74) is 2.78. The first-order chi connectivity index (χ1) is 12.6. The van der Waals surface area contributed by atoms with E-state index in [0.717, 1.165) is 16.9 Å². The van der Waals surface area contributed by atoms with E-state index in [-0.39, 0.29) is 30.3 Å². The molecule has 0 saturated carbocycles. The van der Waals surface area contributed by atoms with Crippen LogP contribution in [0.5, 0.6) is 0 Å². The molecule has 2 amide bonds. The van der Waals surface area contributed by atoms with Crippen molar-refractivity contribution in [3.05, 3.63) is 47.3 Å². The Morgan fingerprint density at radius 1 is 1.35 bits per heavy atom. The average molecular weight is 355 g/mol. The third-order valence-electron chi connectivity index (χ3n) is 5.20. The van der Waals surface area contributed by atoms with E-state index in [1.54, 1.807) is 11.0 Å². The molecule has 136 valence electrons. The number of benzene rings is 1. The van der Waals surface area contributed by atoms with E-state index in [2.05, 4.69) is 10.5 Å². The van der Waals surface area contributed by atoms with Gasteiger partial charge in [0.25, 0.3) is 0 Å². The number of carbonyl (C=O) groups is 2. The van der Waals surface area contributed by atoms with Crippen molar-refractivity contribution < 1.29 is 19.2 Å². The van der Waals surface area contributed by atoms with Crippen molar-refractivity contribution in [3.8, 4) is 0 Å². The van der Waals surface area contributed by atoms with Crippen molar-refractivity contribution in [2.75, 3.05) is 18.4 Å². The van der Waals surface area contributed by atoms with Crippen LogP contribution in [0.1, 0.15) is 35.8 Å². The van der Waals surface area contributed by atoms with Gasteiger partial charge in [0.1, 0.15) is 6.61 Å². The largest absolute Gasteiger partial charge is 0.388 e. The van der Waals surface area contributed by atoms with Gasteiger partial charge in [0.15, 0.2) is 5.76 Å². The number of nitrogens with zero attached hydrogens (tertiary/aromatic N) is 2. The Kier molecular flexibility index (Phi) is 4.46. The molecule has 26 heavy (non-hydrogen) atoms. The number of carbonyl (C=O) groups excluding carboxylic acids is 2. The minimum Gasteiger partial charge on any atom is -0.388 e. The van der Waals surface area contributed by atoms with Crippen molar-refractivity contribution in [1.82, 2.24) is 10.1 Å². The molecule has 0 aliphatic carbocycles. The van der Waals surface area contributed by atoms with E-state index in [4.69, 9.17) is 9.63 Å². The van der Waals surface area contributed by atoms with Crippen LogP contribution in [0.2, 0.25) is 0 Å². The third kappa shape index (κ3) is 3.22. The highest BCUT2D eigenvalue weighted by Crippen LogP contribution is 2.30. The molecule has 1 aromatic heterocycles. The first-order valence-electron chi connectivity index (χ1n) is 8.87. The number of likely N-dealkylation sites (tertiary alicyclic amines) is 1. The minimum absolute atomic E-state index is 0.00267. The van der Waals surface area contributed by atoms with Gasteiger partial charge in [-0.1, -0.05) is 23.4 Å². The minimum atomic E-state index is -0.172. The van der Waals surface area contributed by atoms with Crippen molar-refractivity contribution in [1.29, 1.82) is 0 Å². The smallest absolute Gasteiger partial charge is 0.227 e. The van der Waals surface area contributed by atoms with Gasteiger partial charge in [-0.25, -0.2) is 0 Å². The number of aromatic nitrogens is 1. The van der Waals surface area contributed by atoms with Gasteiger partial charge in [-0.15, -0.1) is 0 Å². The van der Waals surface area contributed by atoms with Gasteiger partial charge in [-0.3, -0.25) is 9.59 Å². The highest BCUT2D eigenvalue weighted by atomic mass is 16.5. The maximum atomic E-state index is 12.4. The molecule has 1 unspecified atom stereocenters. The fraction of sp³-hybridized carbons (Fsp3) is 0.421. The number of anilines is 1. The number of aliphatic hydroxyl groups excluding tert-OH is 1. The molecule has 2 N–H and O–H groups in total. The summed E-state index contributed by atoms with van der Waals surface area (Å²) in [5, 5.41) is 15.9. The Hall–Kier alpha value is -2.67. The van der Waals surface area contributed by atoms with Crippen LogP contribution in [-0.2, 0) is 22.6 Å². The summed E-state index contributed by atoms with van der Waals surface area (Å²) in [7, 11) is 0. The SMILES string of the molecule is O=C1Nc2ccccc2CC1CCC(=O)N1CC(c2cc(CO)on2)C1. The Morgan fingerprint density at radius 3 is 2.92 bits per heavy atom. The highest BCUT2D eigenvalue weighted by Gasteiger charge is 2.34. The average Bonchev–Trinajstić information content (AvgIpc) is 3.07. The molecule has 1 atom stereocenters. The molecule has 2 aliphatic heterocycles. The fourth-order valence-corrected chi connectivity index (χ4v) is 3.57. The Balaban J connectivity index is 1.27. The topological polar surface area (TPSA) is 95.7 Å². The number of fused-ring (bicyclic) bond motifs is 1. The van der Waals surface area contributed by atoms with E-state index in [9.17, 15) is 9.59 Å². The van der Waals surface area contributed by atoms with Crippen molar-refractivity contribution >= 4 is 17.5 Å². The molecule has 0 bridgehead atoms. The standard InChI is InChI=1S/C19H21N3O4/c23-11-15-8-17(21-26-15)14-9-22(10-14)18(24)6-5-13-7-12-3-1-2-4-16(12)20-19(13)25/h1-4,8,13-14,23H,5-7,9-11H2,(H,20,25). The van der Waals surface area contributed by atoms with Crippen LogP contribution in [0.3, 0.4) is 0 Å². The molecule has 1 fully saturated rings. The highest BCUT2D eigenvalue weighted by molar-refractivity contribution is 5.96. The first-order valence-corrected chi connectivity index (χ1v) is 8.87. The second kappa shape index (κ2) is 6.92. The number of amides is 2. The van der Waals surface area contributed by atoms with Crippen molar-refractivity contribution in [2.45, 2.75) is 31.8 Å². The van der Waals surface area contributed by atoms with Gasteiger partial charge >= 0.3 is 0 Å². The van der Waals surface area contributed by atoms with Crippen LogP contribution in [0.4, 0.5) is 5.69 Å². The monoisotopic (exact) mass is 355 g/mol. The maximum Gasteiger partial charge on any atom is 0.227 e. The Bertz CT molecular complexity index is 826. The van der Waals surface area contributed by atoms with Crippen LogP contribution < -0.4 is 5.32 Å². The lowest BCUT2D eigenvalue weighted by Gasteiger charge is -2.38. The van der Waals surface area contributed by atoms with E-state index < -0.39 is 0 Å². The summed E-state index contributed by atoms with van der Waals surface area (Å²) in [6.45, 7) is 1.04. The van der Waals surface area contributed by atoms with Gasteiger partial charge in [0, 0.05) is 43.1 Å². The number of hydrogen-bond donors (Lipinski definition) is 2. The van der Waals surface area contributed by atoms with E-state index in [1.165, 1.54) is 0 Å². The zero-order chi connectivity index (χ0) is 18.1. The summed E-state index contributed by atoms with van der Waals surface area (Å²) >= 11 is 0. The summed E-state index contributed by atoms with van der Waals surface area (Å²) in [5.74, 6) is 0.505. The molecule has 4 rings (SSSR count). The molecule has 1 aromatic carbocycles. The van der Waals surface area contributed by atoms with Crippen LogP contribution in [-0.4, -0.2) is 40.1 Å². The summed E-state index contributed by atoms with van der Waals surface area (Å²) in [6.07, 6.45) is 1.60. The first kappa shape index (κ1) is 16.8. The number of para-hydroxylation sites is 1. The molecule has 3 heterocycles. The third-order valence-corrected chi connectivity index (χ3v) is 5.20. The molecule has 1 saturated heterocycles. The number of rotatable bonds is 5. The zero-order valence-electron chi connectivity index (χ0n) is 14.4. The lowest BCUT2D eigenvalue weighted by molar-refractivity contribution is -0.136. The summed E-state index contributed by atoms with van der Waals surface area (Å²) in [6, 6.07) is 9.52. The van der Waals surface area contributed by atoms with E-state index in [0.29, 0.717) is 38.1 Å². The predicted molar refractivity (Wildman–Crippen MR) is 93.2 cm³/mol. The second-order valence-electron chi connectivity index (χ2n) is 6.96. The van der Waals surface area contributed by atoms with Gasteiger partial charge in [0.2, 0.25) is 11.8 Å². The number of hydrogen-bond acceptors (Lipinski definition) is 5. The summed E-state index contributed by atoms with van der Waals surface area (Å²) < 4.78 is 4.99. The van der Waals surface area contributed by atoms with E-state index >= 15 is 0 Å². The lowest BCUT2D eigenvalue weighted by atomic mass is 9.89. The molecular formula is C19H21N3O4. The molecule has 7 heteroatoms. The number of nitrogens with one attached hydrogen (secondary N) is 1. The van der Waals surface area contributed by atoms with Crippen molar-refractivity contribution in [2.24, 2.45) is 5.92 Å². The van der Waals surface area contributed by atoms with Gasteiger partial charge in [-0.05, 0) is 24.5 Å². The molecular weight excluding hydrogens is 334 g/mol. The van der Waals surface area contributed by atoms with Crippen molar-refractivity contribution in [3.63, 3.8) is 0 Å². The zero-order valence-corrected chi connectivity index (χ0v) is 14.4. The molecule has 7 nitrogen and oxygen atoms in total. The summed E-state index contributed by atoms with van der Waals surface area (Å²) in [4.78, 5) is 26.4. The second-order valence-corrected chi connectivity index (χ2v) is 6.96.